The number of pyridine rings is 1. The zero-order chi connectivity index (χ0) is 13.0. The molecule has 1 saturated heterocycles. The Balaban J connectivity index is 1.87. The van der Waals surface area contributed by atoms with Gasteiger partial charge in [0.1, 0.15) is 5.82 Å². The van der Waals surface area contributed by atoms with Gasteiger partial charge in [0, 0.05) is 31.7 Å². The molecule has 1 atom stereocenters. The first-order valence-corrected chi connectivity index (χ1v) is 6.03. The largest absolute Gasteiger partial charge is 0.379 e. The van der Waals surface area contributed by atoms with E-state index in [0.717, 1.165) is 45.1 Å². The third kappa shape index (κ3) is 3.61. The van der Waals surface area contributed by atoms with Gasteiger partial charge in [0.2, 0.25) is 0 Å². The summed E-state index contributed by atoms with van der Waals surface area (Å²) in [5.74, 6) is -1.24. The van der Waals surface area contributed by atoms with Crippen LogP contribution in [0.3, 0.4) is 0 Å². The number of ether oxygens (including phenoxy) is 1. The Morgan fingerprint density at radius 1 is 1.44 bits per heavy atom. The van der Waals surface area contributed by atoms with Crippen molar-refractivity contribution in [2.75, 3.05) is 38.2 Å². The minimum absolute atomic E-state index is 0.0376. The number of nitrogens with one attached hydrogen (secondary N) is 1. The lowest BCUT2D eigenvalue weighted by Gasteiger charge is -2.29. The monoisotopic (exact) mass is 257 g/mol. The minimum atomic E-state index is -0.668. The smallest absolute Gasteiger partial charge is 0.168 e. The molecule has 1 N–H and O–H groups in total. The van der Waals surface area contributed by atoms with Gasteiger partial charge in [-0.1, -0.05) is 0 Å². The lowest BCUT2D eigenvalue weighted by Crippen LogP contribution is -2.42. The topological polar surface area (TPSA) is 37.4 Å². The fourth-order valence-electron chi connectivity index (χ4n) is 1.97. The van der Waals surface area contributed by atoms with Gasteiger partial charge in [-0.15, -0.1) is 0 Å². The van der Waals surface area contributed by atoms with Crippen LogP contribution in [-0.4, -0.2) is 48.8 Å². The second-order valence-electron chi connectivity index (χ2n) is 4.44. The summed E-state index contributed by atoms with van der Waals surface area (Å²) in [6.07, 6.45) is 1.01. The summed E-state index contributed by atoms with van der Waals surface area (Å²) in [7, 11) is 0. The Morgan fingerprint density at radius 2 is 2.17 bits per heavy atom. The van der Waals surface area contributed by atoms with Crippen molar-refractivity contribution in [3.63, 3.8) is 0 Å². The predicted octanol–water partition coefficient (Wildman–Crippen LogP) is 1.49. The maximum Gasteiger partial charge on any atom is 0.168 e. The van der Waals surface area contributed by atoms with E-state index in [-0.39, 0.29) is 11.9 Å². The quantitative estimate of drug-likeness (QED) is 0.887. The summed E-state index contributed by atoms with van der Waals surface area (Å²) in [6.45, 7) is 5.95. The van der Waals surface area contributed by atoms with E-state index < -0.39 is 11.6 Å². The van der Waals surface area contributed by atoms with Gasteiger partial charge in [-0.05, 0) is 6.92 Å². The Bertz CT molecular complexity index is 397. The highest BCUT2D eigenvalue weighted by atomic mass is 19.1. The third-order valence-electron chi connectivity index (χ3n) is 2.83. The molecule has 18 heavy (non-hydrogen) atoms. The standard InChI is InChI=1S/C12H17F2N3O/c1-9(8-17-2-4-18-5-3-17)16-12-11(14)6-10(13)7-15-12/h6-7,9H,2-5,8H2,1H3,(H,15,16). The highest BCUT2D eigenvalue weighted by molar-refractivity contribution is 5.36. The molecule has 0 saturated carbocycles. The second-order valence-corrected chi connectivity index (χ2v) is 4.44. The molecule has 100 valence electrons. The summed E-state index contributed by atoms with van der Waals surface area (Å²) in [4.78, 5) is 5.95. The highest BCUT2D eigenvalue weighted by Crippen LogP contribution is 2.12. The van der Waals surface area contributed by atoms with Gasteiger partial charge in [0.25, 0.3) is 0 Å². The summed E-state index contributed by atoms with van der Waals surface area (Å²) in [5, 5.41) is 2.95. The van der Waals surface area contributed by atoms with Gasteiger partial charge in [0.15, 0.2) is 11.6 Å². The lowest BCUT2D eigenvalue weighted by atomic mass is 10.2. The molecule has 1 unspecified atom stereocenters. The van der Waals surface area contributed by atoms with Crippen LogP contribution in [0.4, 0.5) is 14.6 Å². The van der Waals surface area contributed by atoms with Gasteiger partial charge < -0.3 is 10.1 Å². The summed E-state index contributed by atoms with van der Waals surface area (Å²) in [5.41, 5.74) is 0. The maximum atomic E-state index is 13.4. The first-order chi connectivity index (χ1) is 8.65. The van der Waals surface area contributed by atoms with Crippen LogP contribution in [0.15, 0.2) is 12.3 Å². The van der Waals surface area contributed by atoms with E-state index >= 15 is 0 Å². The number of halogens is 2. The number of rotatable bonds is 4. The Labute approximate surface area is 105 Å². The number of hydrogen-bond acceptors (Lipinski definition) is 4. The van der Waals surface area contributed by atoms with Crippen molar-refractivity contribution in [1.29, 1.82) is 0 Å². The third-order valence-corrected chi connectivity index (χ3v) is 2.83. The Morgan fingerprint density at radius 3 is 2.83 bits per heavy atom. The number of anilines is 1. The van der Waals surface area contributed by atoms with Gasteiger partial charge in [-0.3, -0.25) is 4.90 Å². The van der Waals surface area contributed by atoms with Crippen LogP contribution in [-0.2, 0) is 4.74 Å². The molecule has 1 aromatic rings. The minimum Gasteiger partial charge on any atom is -0.379 e. The number of hydrogen-bond donors (Lipinski definition) is 1. The predicted molar refractivity (Wildman–Crippen MR) is 64.5 cm³/mol. The molecule has 1 aromatic heterocycles. The van der Waals surface area contributed by atoms with Crippen molar-refractivity contribution >= 4 is 5.82 Å². The molecule has 6 heteroatoms. The van der Waals surface area contributed by atoms with Crippen molar-refractivity contribution in [2.45, 2.75) is 13.0 Å². The first kappa shape index (κ1) is 13.2. The molecule has 0 spiro atoms. The number of nitrogens with zero attached hydrogens (tertiary/aromatic N) is 2. The average Bonchev–Trinajstić information content (AvgIpc) is 2.34. The molecule has 2 rings (SSSR count). The van der Waals surface area contributed by atoms with E-state index in [1.807, 2.05) is 6.92 Å². The fourth-order valence-corrected chi connectivity index (χ4v) is 1.97. The number of morpholine rings is 1. The first-order valence-electron chi connectivity index (χ1n) is 6.03. The Kier molecular flexibility index (Phi) is 4.43. The molecular weight excluding hydrogens is 240 g/mol. The van der Waals surface area contributed by atoms with E-state index in [2.05, 4.69) is 15.2 Å². The fraction of sp³-hybridized carbons (Fsp3) is 0.583. The zero-order valence-corrected chi connectivity index (χ0v) is 10.3. The molecule has 2 heterocycles. The molecule has 0 aromatic carbocycles. The molecular formula is C12H17F2N3O. The van der Waals surface area contributed by atoms with E-state index in [9.17, 15) is 8.78 Å². The van der Waals surface area contributed by atoms with Gasteiger partial charge in [-0.2, -0.15) is 0 Å². The van der Waals surface area contributed by atoms with Gasteiger partial charge >= 0.3 is 0 Å². The van der Waals surface area contributed by atoms with Crippen molar-refractivity contribution < 1.29 is 13.5 Å². The second kappa shape index (κ2) is 6.06. The van der Waals surface area contributed by atoms with E-state index in [1.165, 1.54) is 0 Å². The van der Waals surface area contributed by atoms with Crippen molar-refractivity contribution in [3.05, 3.63) is 23.9 Å². The van der Waals surface area contributed by atoms with Crippen LogP contribution < -0.4 is 5.32 Å². The van der Waals surface area contributed by atoms with Gasteiger partial charge in [-0.25, -0.2) is 13.8 Å². The Hall–Kier alpha value is -1.27. The lowest BCUT2D eigenvalue weighted by molar-refractivity contribution is 0.0368. The maximum absolute atomic E-state index is 13.4. The summed E-state index contributed by atoms with van der Waals surface area (Å²) >= 11 is 0. The highest BCUT2D eigenvalue weighted by Gasteiger charge is 2.15. The van der Waals surface area contributed by atoms with Gasteiger partial charge in [0.05, 0.1) is 19.4 Å². The SMILES string of the molecule is CC(CN1CCOCC1)Nc1ncc(F)cc1F. The van der Waals surface area contributed by atoms with E-state index in [0.29, 0.717) is 0 Å². The molecule has 1 fully saturated rings. The molecule has 0 radical (unpaired) electrons. The van der Waals surface area contributed by atoms with Crippen molar-refractivity contribution in [2.24, 2.45) is 0 Å². The van der Waals surface area contributed by atoms with Crippen LogP contribution in [0, 0.1) is 11.6 Å². The van der Waals surface area contributed by atoms with Crippen LogP contribution in [0.5, 0.6) is 0 Å². The zero-order valence-electron chi connectivity index (χ0n) is 10.3. The molecule has 1 aliphatic heterocycles. The summed E-state index contributed by atoms with van der Waals surface area (Å²) < 4.78 is 31.4. The molecule has 0 bridgehead atoms. The van der Waals surface area contributed by atoms with Crippen LogP contribution in [0.2, 0.25) is 0 Å². The van der Waals surface area contributed by atoms with Crippen LogP contribution in [0.1, 0.15) is 6.92 Å². The molecule has 4 nitrogen and oxygen atoms in total. The molecule has 0 aliphatic carbocycles. The van der Waals surface area contributed by atoms with Crippen LogP contribution >= 0.6 is 0 Å². The average molecular weight is 257 g/mol. The van der Waals surface area contributed by atoms with Crippen molar-refractivity contribution in [1.82, 2.24) is 9.88 Å². The normalized spacial score (nSPS) is 18.6. The van der Waals surface area contributed by atoms with E-state index in [1.54, 1.807) is 0 Å². The molecule has 1 aliphatic rings. The van der Waals surface area contributed by atoms with Crippen molar-refractivity contribution in [3.8, 4) is 0 Å². The van der Waals surface area contributed by atoms with Crippen LogP contribution in [0.25, 0.3) is 0 Å². The van der Waals surface area contributed by atoms with E-state index in [4.69, 9.17) is 4.74 Å². The summed E-state index contributed by atoms with van der Waals surface area (Å²) in [6, 6.07) is 0.868. The molecule has 0 amide bonds. The number of aromatic nitrogens is 1.